The third-order valence-electron chi connectivity index (χ3n) is 5.37. The molecular weight excluding hydrogens is 318 g/mol. The van der Waals surface area contributed by atoms with E-state index in [1.54, 1.807) is 0 Å². The highest BCUT2D eigenvalue weighted by molar-refractivity contribution is 5.83. The summed E-state index contributed by atoms with van der Waals surface area (Å²) in [5.41, 5.74) is 5.62. The second-order valence-corrected chi connectivity index (χ2v) is 7.15. The lowest BCUT2D eigenvalue weighted by atomic mass is 9.94. The van der Waals surface area contributed by atoms with Gasteiger partial charge < -0.3 is 9.67 Å². The smallest absolute Gasteiger partial charge is 0.104 e. The maximum absolute atomic E-state index is 11.0. The molecule has 1 fully saturated rings. The summed E-state index contributed by atoms with van der Waals surface area (Å²) < 4.78 is 2.18. The van der Waals surface area contributed by atoms with Crippen LogP contribution in [0.2, 0.25) is 0 Å². The van der Waals surface area contributed by atoms with E-state index >= 15 is 0 Å². The second-order valence-electron chi connectivity index (χ2n) is 7.15. The van der Waals surface area contributed by atoms with Crippen LogP contribution in [0.1, 0.15) is 41.6 Å². The summed E-state index contributed by atoms with van der Waals surface area (Å²) in [6.45, 7) is 0. The topological polar surface area (TPSA) is 25.2 Å². The molecule has 1 saturated carbocycles. The molecule has 0 bridgehead atoms. The molecule has 1 aliphatic rings. The molecule has 2 heteroatoms. The lowest BCUT2D eigenvalue weighted by molar-refractivity contribution is 0.219. The molecule has 1 aromatic heterocycles. The Morgan fingerprint density at radius 1 is 0.846 bits per heavy atom. The first-order valence-corrected chi connectivity index (χ1v) is 9.24. The first kappa shape index (κ1) is 15.4. The molecule has 1 heterocycles. The molecule has 1 unspecified atom stereocenters. The van der Waals surface area contributed by atoms with Crippen molar-refractivity contribution in [1.82, 2.24) is 4.57 Å². The Bertz CT molecular complexity index is 1060. The lowest BCUT2D eigenvalue weighted by Gasteiger charge is -2.16. The number of aliphatic hydroxyl groups is 1. The third-order valence-corrected chi connectivity index (χ3v) is 5.37. The highest BCUT2D eigenvalue weighted by atomic mass is 16.3. The highest BCUT2D eigenvalue weighted by Crippen LogP contribution is 2.43. The Kier molecular flexibility index (Phi) is 3.65. The summed E-state index contributed by atoms with van der Waals surface area (Å²) in [6.07, 6.45) is 4.00. The van der Waals surface area contributed by atoms with Crippen molar-refractivity contribution in [3.05, 3.63) is 102 Å². The Labute approximate surface area is 153 Å². The molecule has 1 aliphatic carbocycles. The van der Waals surface area contributed by atoms with Gasteiger partial charge in [-0.05, 0) is 65.8 Å². The summed E-state index contributed by atoms with van der Waals surface area (Å²) in [5.74, 6) is 0.628. The van der Waals surface area contributed by atoms with E-state index in [1.807, 2.05) is 24.3 Å². The van der Waals surface area contributed by atoms with Crippen molar-refractivity contribution >= 4 is 10.9 Å². The summed E-state index contributed by atoms with van der Waals surface area (Å²) in [6, 6.07) is 27.1. The maximum atomic E-state index is 11.0. The third kappa shape index (κ3) is 2.63. The number of nitrogens with zero attached hydrogens (tertiary/aromatic N) is 1. The number of aliphatic hydroxyl groups excluding tert-OH is 1. The largest absolute Gasteiger partial charge is 0.384 e. The molecule has 3 aromatic carbocycles. The van der Waals surface area contributed by atoms with Gasteiger partial charge in [0.15, 0.2) is 0 Å². The van der Waals surface area contributed by atoms with E-state index in [-0.39, 0.29) is 0 Å². The van der Waals surface area contributed by atoms with Crippen molar-refractivity contribution in [3.8, 4) is 5.69 Å². The quantitative estimate of drug-likeness (QED) is 0.515. The highest BCUT2D eigenvalue weighted by Gasteiger charge is 2.28. The van der Waals surface area contributed by atoms with Crippen LogP contribution in [0.15, 0.2) is 85.1 Å². The molecule has 4 aromatic rings. The van der Waals surface area contributed by atoms with Crippen LogP contribution in [0.5, 0.6) is 0 Å². The Morgan fingerprint density at radius 3 is 2.42 bits per heavy atom. The van der Waals surface area contributed by atoms with Gasteiger partial charge in [0.25, 0.3) is 0 Å². The van der Waals surface area contributed by atoms with Gasteiger partial charge in [-0.1, -0.05) is 48.5 Å². The molecule has 2 nitrogen and oxygen atoms in total. The van der Waals surface area contributed by atoms with Crippen molar-refractivity contribution < 1.29 is 5.11 Å². The minimum atomic E-state index is -0.573. The molecule has 26 heavy (non-hydrogen) atoms. The van der Waals surface area contributed by atoms with Crippen LogP contribution < -0.4 is 0 Å². The fraction of sp³-hybridized carbons (Fsp3) is 0.167. The fourth-order valence-electron chi connectivity index (χ4n) is 3.85. The first-order chi connectivity index (χ1) is 12.8. The minimum absolute atomic E-state index is 0.573. The second kappa shape index (κ2) is 6.15. The number of hydrogen-bond acceptors (Lipinski definition) is 1. The molecule has 1 atom stereocenters. The Balaban J connectivity index is 1.55. The average Bonchev–Trinajstić information content (AvgIpc) is 3.47. The fourth-order valence-corrected chi connectivity index (χ4v) is 3.85. The molecule has 128 valence electrons. The number of rotatable bonds is 4. The van der Waals surface area contributed by atoms with Crippen molar-refractivity contribution in [3.63, 3.8) is 0 Å². The summed E-state index contributed by atoms with van der Waals surface area (Å²) >= 11 is 0. The van der Waals surface area contributed by atoms with E-state index in [0.717, 1.165) is 27.7 Å². The zero-order valence-corrected chi connectivity index (χ0v) is 14.5. The molecule has 0 amide bonds. The van der Waals surface area contributed by atoms with Crippen LogP contribution in [0.25, 0.3) is 16.6 Å². The van der Waals surface area contributed by atoms with Gasteiger partial charge in [-0.15, -0.1) is 0 Å². The monoisotopic (exact) mass is 339 g/mol. The zero-order chi connectivity index (χ0) is 17.5. The van der Waals surface area contributed by atoms with Crippen LogP contribution >= 0.6 is 0 Å². The molecule has 5 rings (SSSR count). The van der Waals surface area contributed by atoms with Crippen molar-refractivity contribution in [2.45, 2.75) is 24.9 Å². The first-order valence-electron chi connectivity index (χ1n) is 9.24. The van der Waals surface area contributed by atoms with E-state index in [4.69, 9.17) is 0 Å². The van der Waals surface area contributed by atoms with E-state index < -0.39 is 6.10 Å². The minimum Gasteiger partial charge on any atom is -0.384 e. The van der Waals surface area contributed by atoms with Gasteiger partial charge in [-0.25, -0.2) is 0 Å². The van der Waals surface area contributed by atoms with E-state index in [0.29, 0.717) is 5.92 Å². The molecular formula is C24H21NO. The van der Waals surface area contributed by atoms with Gasteiger partial charge in [0.1, 0.15) is 6.10 Å². The van der Waals surface area contributed by atoms with Crippen LogP contribution in [0.3, 0.4) is 0 Å². The van der Waals surface area contributed by atoms with Gasteiger partial charge in [-0.3, -0.25) is 0 Å². The van der Waals surface area contributed by atoms with Crippen LogP contribution in [0, 0.1) is 0 Å². The maximum Gasteiger partial charge on any atom is 0.104 e. The van der Waals surface area contributed by atoms with Gasteiger partial charge >= 0.3 is 0 Å². The lowest BCUT2D eigenvalue weighted by Crippen LogP contribution is -2.03. The van der Waals surface area contributed by atoms with Crippen molar-refractivity contribution in [2.24, 2.45) is 0 Å². The van der Waals surface area contributed by atoms with Crippen LogP contribution in [-0.2, 0) is 0 Å². The van der Waals surface area contributed by atoms with E-state index in [1.165, 1.54) is 18.4 Å². The predicted molar refractivity (Wildman–Crippen MR) is 106 cm³/mol. The summed E-state index contributed by atoms with van der Waals surface area (Å²) in [4.78, 5) is 0. The van der Waals surface area contributed by atoms with Gasteiger partial charge in [0, 0.05) is 17.3 Å². The molecule has 0 spiro atoms. The Hall–Kier alpha value is -2.84. The molecule has 0 saturated heterocycles. The molecule has 0 radical (unpaired) electrons. The average molecular weight is 339 g/mol. The predicted octanol–water partition coefficient (Wildman–Crippen LogP) is 5.59. The Morgan fingerprint density at radius 2 is 1.62 bits per heavy atom. The van der Waals surface area contributed by atoms with Crippen LogP contribution in [-0.4, -0.2) is 9.67 Å². The molecule has 0 aliphatic heterocycles. The van der Waals surface area contributed by atoms with E-state index in [9.17, 15) is 5.11 Å². The van der Waals surface area contributed by atoms with Crippen molar-refractivity contribution in [1.29, 1.82) is 0 Å². The van der Waals surface area contributed by atoms with E-state index in [2.05, 4.69) is 65.4 Å². The van der Waals surface area contributed by atoms with Crippen LogP contribution in [0.4, 0.5) is 0 Å². The zero-order valence-electron chi connectivity index (χ0n) is 14.5. The number of fused-ring (bicyclic) bond motifs is 1. The summed E-state index contributed by atoms with van der Waals surface area (Å²) in [5, 5.41) is 12.2. The molecule has 1 N–H and O–H groups in total. The van der Waals surface area contributed by atoms with Gasteiger partial charge in [0.05, 0.1) is 5.52 Å². The van der Waals surface area contributed by atoms with Crippen molar-refractivity contribution in [2.75, 3.05) is 0 Å². The SMILES string of the molecule is OC(c1ccc2c(ccn2-c2ccccc2)c1)c1ccccc1C1CC1. The number of benzene rings is 3. The standard InChI is InChI=1S/C24H21NO/c26-24(22-9-5-4-8-21(22)17-10-11-17)19-12-13-23-18(16-19)14-15-25(23)20-6-2-1-3-7-20/h1-9,12-17,24,26H,10-11H2. The number of para-hydroxylation sites is 1. The number of hydrogen-bond donors (Lipinski definition) is 1. The normalized spacial score (nSPS) is 15.3. The summed E-state index contributed by atoms with van der Waals surface area (Å²) in [7, 11) is 0. The van der Waals surface area contributed by atoms with Gasteiger partial charge in [0.2, 0.25) is 0 Å². The van der Waals surface area contributed by atoms with Gasteiger partial charge in [-0.2, -0.15) is 0 Å². The number of aromatic nitrogens is 1.